The molecule has 2 aliphatic rings. The zero-order valence-electron chi connectivity index (χ0n) is 13.1. The van der Waals surface area contributed by atoms with E-state index in [1.807, 2.05) is 6.07 Å². The number of hydrogen-bond acceptors (Lipinski definition) is 4. The van der Waals surface area contributed by atoms with Crippen LogP contribution in [0.4, 0.5) is 0 Å². The minimum Gasteiger partial charge on any atom is -0.481 e. The summed E-state index contributed by atoms with van der Waals surface area (Å²) in [6.07, 6.45) is 6.78. The summed E-state index contributed by atoms with van der Waals surface area (Å²) < 4.78 is 0. The van der Waals surface area contributed by atoms with E-state index in [1.54, 1.807) is 11.3 Å². The Morgan fingerprint density at radius 3 is 2.57 bits per heavy atom. The number of thiophene rings is 1. The number of amides is 1. The zero-order valence-corrected chi connectivity index (χ0v) is 14.0. The summed E-state index contributed by atoms with van der Waals surface area (Å²) in [6, 6.07) is 1.98. The van der Waals surface area contributed by atoms with Crippen LogP contribution in [0.2, 0.25) is 0 Å². The molecule has 0 spiro atoms. The monoisotopic (exact) mass is 337 g/mol. The normalized spacial score (nSPS) is 27.3. The molecule has 1 aromatic rings. The second kappa shape index (κ2) is 6.61. The Bertz CT molecular complexity index is 578. The van der Waals surface area contributed by atoms with Crippen molar-refractivity contribution in [1.29, 1.82) is 0 Å². The highest BCUT2D eigenvalue weighted by Crippen LogP contribution is 2.41. The summed E-state index contributed by atoms with van der Waals surface area (Å²) in [6.45, 7) is 0.0841. The summed E-state index contributed by atoms with van der Waals surface area (Å²) in [5.74, 6) is -1.13. The number of fused-ring (bicyclic) bond motifs is 1. The molecular weight excluding hydrogens is 314 g/mol. The van der Waals surface area contributed by atoms with Crippen LogP contribution in [0.5, 0.6) is 0 Å². The first-order valence-electron chi connectivity index (χ1n) is 8.31. The Kier molecular flexibility index (Phi) is 4.73. The van der Waals surface area contributed by atoms with E-state index >= 15 is 0 Å². The van der Waals surface area contributed by atoms with Gasteiger partial charge >= 0.3 is 5.97 Å². The molecule has 3 rings (SSSR count). The lowest BCUT2D eigenvalue weighted by molar-refractivity contribution is -0.162. The van der Waals surface area contributed by atoms with Crippen LogP contribution >= 0.6 is 11.3 Å². The molecule has 0 aromatic carbocycles. The van der Waals surface area contributed by atoms with E-state index < -0.39 is 17.5 Å². The standard InChI is InChI=1S/C17H23NO4S/c19-12-8-17(9-12,16(21)22)10-18-15(20)14-7-11-5-3-1-2-4-6-13(11)23-14/h7,12,19H,1-6,8-10H2,(H,18,20)(H,21,22). The molecule has 0 aliphatic heterocycles. The number of aryl methyl sites for hydroxylation is 2. The van der Waals surface area contributed by atoms with Gasteiger partial charge in [0.05, 0.1) is 16.4 Å². The van der Waals surface area contributed by atoms with E-state index in [0.717, 1.165) is 12.8 Å². The van der Waals surface area contributed by atoms with Crippen LogP contribution in [0.25, 0.3) is 0 Å². The first kappa shape index (κ1) is 16.5. The number of hydrogen-bond donors (Lipinski definition) is 3. The molecule has 1 heterocycles. The van der Waals surface area contributed by atoms with Gasteiger partial charge in [0.15, 0.2) is 0 Å². The van der Waals surface area contributed by atoms with E-state index in [9.17, 15) is 19.8 Å². The fourth-order valence-electron chi connectivity index (χ4n) is 3.53. The van der Waals surface area contributed by atoms with Crippen LogP contribution in [-0.2, 0) is 17.6 Å². The van der Waals surface area contributed by atoms with Crippen LogP contribution in [-0.4, -0.2) is 34.7 Å². The summed E-state index contributed by atoms with van der Waals surface area (Å²) in [4.78, 5) is 25.7. The maximum absolute atomic E-state index is 12.4. The third kappa shape index (κ3) is 3.43. The fourth-order valence-corrected chi connectivity index (χ4v) is 4.70. The summed E-state index contributed by atoms with van der Waals surface area (Å²) in [7, 11) is 0. The van der Waals surface area contributed by atoms with Gasteiger partial charge in [-0.1, -0.05) is 12.8 Å². The Morgan fingerprint density at radius 1 is 1.22 bits per heavy atom. The Hall–Kier alpha value is -1.40. The molecule has 0 atom stereocenters. The van der Waals surface area contributed by atoms with Crippen molar-refractivity contribution in [3.63, 3.8) is 0 Å². The second-order valence-corrected chi connectivity index (χ2v) is 7.94. The van der Waals surface area contributed by atoms with Gasteiger partial charge in [-0.05, 0) is 50.2 Å². The molecule has 6 heteroatoms. The van der Waals surface area contributed by atoms with Crippen LogP contribution in [0, 0.1) is 5.41 Å². The number of nitrogens with one attached hydrogen (secondary N) is 1. The maximum Gasteiger partial charge on any atom is 0.311 e. The van der Waals surface area contributed by atoms with Crippen LogP contribution in [0.1, 0.15) is 58.6 Å². The van der Waals surface area contributed by atoms with Gasteiger partial charge in [-0.3, -0.25) is 9.59 Å². The van der Waals surface area contributed by atoms with Gasteiger partial charge in [0.25, 0.3) is 5.91 Å². The number of aliphatic carboxylic acids is 1. The van der Waals surface area contributed by atoms with E-state index in [0.29, 0.717) is 4.88 Å². The second-order valence-electron chi connectivity index (χ2n) is 6.80. The first-order valence-corrected chi connectivity index (χ1v) is 9.13. The van der Waals surface area contributed by atoms with Crippen molar-refractivity contribution < 1.29 is 19.8 Å². The molecule has 1 aromatic heterocycles. The predicted octanol–water partition coefficient (Wildman–Crippen LogP) is 2.36. The van der Waals surface area contributed by atoms with Crippen molar-refractivity contribution in [3.8, 4) is 0 Å². The van der Waals surface area contributed by atoms with E-state index in [1.165, 1.54) is 36.1 Å². The van der Waals surface area contributed by atoms with E-state index in [2.05, 4.69) is 5.32 Å². The van der Waals surface area contributed by atoms with Gasteiger partial charge in [0, 0.05) is 11.4 Å². The number of aliphatic hydroxyl groups excluding tert-OH is 1. The van der Waals surface area contributed by atoms with Gasteiger partial charge in [0.2, 0.25) is 0 Å². The third-order valence-electron chi connectivity index (χ3n) is 5.01. The van der Waals surface area contributed by atoms with Crippen molar-refractivity contribution in [2.24, 2.45) is 5.41 Å². The van der Waals surface area contributed by atoms with Crippen molar-refractivity contribution >= 4 is 23.2 Å². The topological polar surface area (TPSA) is 86.6 Å². The summed E-state index contributed by atoms with van der Waals surface area (Å²) in [5, 5.41) is 21.5. The van der Waals surface area contributed by atoms with E-state index in [-0.39, 0.29) is 25.3 Å². The molecule has 1 fully saturated rings. The highest BCUT2D eigenvalue weighted by atomic mass is 32.1. The minimum absolute atomic E-state index is 0.0841. The number of carbonyl (C=O) groups excluding carboxylic acids is 1. The Morgan fingerprint density at radius 2 is 1.91 bits per heavy atom. The largest absolute Gasteiger partial charge is 0.481 e. The summed E-state index contributed by atoms with van der Waals surface area (Å²) in [5.41, 5.74) is 0.285. The molecule has 23 heavy (non-hydrogen) atoms. The first-order chi connectivity index (χ1) is 11.0. The lowest BCUT2D eigenvalue weighted by Crippen LogP contribution is -2.53. The average Bonchev–Trinajstić information content (AvgIpc) is 2.84. The van der Waals surface area contributed by atoms with Crippen LogP contribution < -0.4 is 5.32 Å². The molecule has 1 saturated carbocycles. The molecule has 0 radical (unpaired) electrons. The highest BCUT2D eigenvalue weighted by Gasteiger charge is 2.50. The number of carboxylic acid groups (broad SMARTS) is 1. The van der Waals surface area contributed by atoms with Gasteiger partial charge in [0.1, 0.15) is 0 Å². The van der Waals surface area contributed by atoms with Crippen LogP contribution in [0.3, 0.4) is 0 Å². The SMILES string of the molecule is O=C(NCC1(C(=O)O)CC(O)C1)c1cc2c(s1)CCCCCC2. The third-order valence-corrected chi connectivity index (χ3v) is 6.25. The smallest absolute Gasteiger partial charge is 0.311 e. The number of aliphatic hydroxyl groups is 1. The Balaban J connectivity index is 1.64. The summed E-state index contributed by atoms with van der Waals surface area (Å²) >= 11 is 1.54. The molecule has 0 saturated heterocycles. The molecule has 2 aliphatic carbocycles. The van der Waals surface area contributed by atoms with Gasteiger partial charge in [-0.15, -0.1) is 11.3 Å². The highest BCUT2D eigenvalue weighted by molar-refractivity contribution is 7.14. The lowest BCUT2D eigenvalue weighted by Gasteiger charge is -2.41. The Labute approximate surface area is 139 Å². The molecule has 126 valence electrons. The minimum atomic E-state index is -0.999. The van der Waals surface area contributed by atoms with Crippen molar-refractivity contribution in [2.75, 3.05) is 6.54 Å². The predicted molar refractivity (Wildman–Crippen MR) is 87.8 cm³/mol. The van der Waals surface area contributed by atoms with Crippen LogP contribution in [0.15, 0.2) is 6.07 Å². The fraction of sp³-hybridized carbons (Fsp3) is 0.647. The molecule has 0 unspecified atom stereocenters. The molecule has 0 bridgehead atoms. The molecule has 5 nitrogen and oxygen atoms in total. The van der Waals surface area contributed by atoms with Gasteiger partial charge in [-0.2, -0.15) is 0 Å². The van der Waals surface area contributed by atoms with Crippen molar-refractivity contribution in [1.82, 2.24) is 5.32 Å². The van der Waals surface area contributed by atoms with Crippen molar-refractivity contribution in [3.05, 3.63) is 21.4 Å². The lowest BCUT2D eigenvalue weighted by atomic mass is 9.66. The van der Waals surface area contributed by atoms with Gasteiger partial charge in [-0.25, -0.2) is 0 Å². The number of rotatable bonds is 4. The quantitative estimate of drug-likeness (QED) is 0.787. The van der Waals surface area contributed by atoms with E-state index in [4.69, 9.17) is 0 Å². The van der Waals surface area contributed by atoms with Crippen molar-refractivity contribution in [2.45, 2.75) is 57.5 Å². The van der Waals surface area contributed by atoms with Gasteiger partial charge < -0.3 is 15.5 Å². The number of carbonyl (C=O) groups is 2. The zero-order chi connectivity index (χ0) is 16.4. The average molecular weight is 337 g/mol. The maximum atomic E-state index is 12.4. The molecule has 1 amide bonds. The number of carboxylic acids is 1. The molecule has 3 N–H and O–H groups in total. The molecular formula is C17H23NO4S.